The lowest BCUT2D eigenvalue weighted by atomic mass is 9.86. The first kappa shape index (κ1) is 17.2. The van der Waals surface area contributed by atoms with Gasteiger partial charge in [-0.1, -0.05) is 0 Å². The minimum Gasteiger partial charge on any atom is -0.512 e. The number of ether oxygens (including phenoxy) is 3. The summed E-state index contributed by atoms with van der Waals surface area (Å²) in [4.78, 5) is 13.5. The van der Waals surface area contributed by atoms with Gasteiger partial charge in [0.15, 0.2) is 17.3 Å². The summed E-state index contributed by atoms with van der Waals surface area (Å²) in [5.74, 6) is 2.41. The van der Waals surface area contributed by atoms with Crippen LogP contribution in [0, 0.1) is 0 Å². The van der Waals surface area contributed by atoms with Crippen LogP contribution < -0.4 is 19.1 Å². The summed E-state index contributed by atoms with van der Waals surface area (Å²) in [5.41, 5.74) is 2.86. The number of quaternary nitrogens is 1. The number of hydrogen-bond acceptors (Lipinski definition) is 5. The topological polar surface area (TPSA) is 69.4 Å². The highest BCUT2D eigenvalue weighted by Crippen LogP contribution is 2.48. The van der Waals surface area contributed by atoms with E-state index in [4.69, 9.17) is 14.2 Å². The third-order valence-electron chi connectivity index (χ3n) is 5.84. The summed E-state index contributed by atoms with van der Waals surface area (Å²) in [7, 11) is 3.76. The lowest BCUT2D eigenvalue weighted by molar-refractivity contribution is -0.914. The largest absolute Gasteiger partial charge is 0.512 e. The van der Waals surface area contributed by atoms with Crippen LogP contribution in [0.15, 0.2) is 17.4 Å². The second-order valence-electron chi connectivity index (χ2n) is 7.37. The van der Waals surface area contributed by atoms with Crippen LogP contribution >= 0.6 is 0 Å². The van der Waals surface area contributed by atoms with Crippen molar-refractivity contribution in [2.24, 2.45) is 0 Å². The van der Waals surface area contributed by atoms with Gasteiger partial charge in [-0.25, -0.2) is 0 Å². The molecule has 0 amide bonds. The molecular formula is C20H26NO5+. The summed E-state index contributed by atoms with van der Waals surface area (Å²) < 4.78 is 16.9. The number of carbonyl (C=O) groups excluding carboxylic acids is 1. The van der Waals surface area contributed by atoms with Gasteiger partial charge in [0.2, 0.25) is 12.5 Å². The Balaban J connectivity index is 1.74. The first-order valence-electron chi connectivity index (χ1n) is 9.36. The van der Waals surface area contributed by atoms with Crippen molar-refractivity contribution in [1.29, 1.82) is 0 Å². The number of likely N-dealkylation sites (N-methyl/N-ethyl adjacent to an activating group) is 1. The fourth-order valence-electron chi connectivity index (χ4n) is 4.40. The lowest BCUT2D eigenvalue weighted by Gasteiger charge is -2.33. The lowest BCUT2D eigenvalue weighted by Crippen LogP contribution is -3.10. The fraction of sp³-hybridized carbons (Fsp3) is 0.550. The molecule has 0 radical (unpaired) electrons. The van der Waals surface area contributed by atoms with Crippen LogP contribution in [0.2, 0.25) is 0 Å². The molecule has 6 heteroatoms. The van der Waals surface area contributed by atoms with Crippen molar-refractivity contribution < 1.29 is 29.0 Å². The standard InChI is InChI=1S/C20H25NO5/c1-21-8-7-12-9-17-19(26-11-25-17)20(24-2)18(12)14(21)10-16(23)13-5-3-4-6-15(13)22/h9,14,23H,3-8,10-11H2,1-2H3/p+1/t14-/m1/s1. The normalized spacial score (nSPS) is 26.5. The molecule has 2 atom stereocenters. The Morgan fingerprint density at radius 3 is 2.88 bits per heavy atom. The third-order valence-corrected chi connectivity index (χ3v) is 5.84. The molecule has 2 N–H and O–H groups in total. The first-order chi connectivity index (χ1) is 12.6. The van der Waals surface area contributed by atoms with Gasteiger partial charge in [-0.15, -0.1) is 0 Å². The van der Waals surface area contributed by atoms with Crippen molar-refractivity contribution in [3.05, 3.63) is 28.5 Å². The highest BCUT2D eigenvalue weighted by atomic mass is 16.7. The smallest absolute Gasteiger partial charge is 0.231 e. The highest BCUT2D eigenvalue weighted by molar-refractivity contribution is 5.96. The van der Waals surface area contributed by atoms with E-state index in [0.717, 1.165) is 37.1 Å². The van der Waals surface area contributed by atoms with E-state index in [2.05, 4.69) is 7.05 Å². The van der Waals surface area contributed by atoms with Crippen LogP contribution in [0.25, 0.3) is 0 Å². The van der Waals surface area contributed by atoms with Crippen LogP contribution in [0.1, 0.15) is 49.3 Å². The van der Waals surface area contributed by atoms with Crippen LogP contribution in [0.4, 0.5) is 0 Å². The number of ketones is 1. The Bertz CT molecular complexity index is 770. The second kappa shape index (κ2) is 6.83. The molecule has 140 valence electrons. The van der Waals surface area contributed by atoms with Gasteiger partial charge in [0, 0.05) is 18.4 Å². The Labute approximate surface area is 153 Å². The maximum atomic E-state index is 12.2. The number of benzene rings is 1. The molecule has 0 spiro atoms. The fourth-order valence-corrected chi connectivity index (χ4v) is 4.40. The van der Waals surface area contributed by atoms with E-state index in [-0.39, 0.29) is 24.4 Å². The zero-order valence-corrected chi connectivity index (χ0v) is 15.4. The number of Topliss-reactive ketones (excluding diaryl/α,β-unsaturated/α-hetero) is 1. The van der Waals surface area contributed by atoms with E-state index in [9.17, 15) is 9.90 Å². The van der Waals surface area contributed by atoms with E-state index < -0.39 is 0 Å². The molecular weight excluding hydrogens is 334 g/mol. The van der Waals surface area contributed by atoms with Gasteiger partial charge >= 0.3 is 0 Å². The van der Waals surface area contributed by atoms with Gasteiger partial charge in [0.25, 0.3) is 0 Å². The zero-order valence-electron chi connectivity index (χ0n) is 15.4. The average Bonchev–Trinajstić information content (AvgIpc) is 3.10. The molecule has 26 heavy (non-hydrogen) atoms. The number of aliphatic hydroxyl groups excluding tert-OH is 1. The summed E-state index contributed by atoms with van der Waals surface area (Å²) in [6.45, 7) is 1.16. The van der Waals surface area contributed by atoms with Crippen molar-refractivity contribution in [1.82, 2.24) is 0 Å². The first-order valence-corrected chi connectivity index (χ1v) is 9.36. The van der Waals surface area contributed by atoms with E-state index in [1.165, 1.54) is 10.5 Å². The minimum atomic E-state index is 0.0189. The summed E-state index contributed by atoms with van der Waals surface area (Å²) in [6, 6.07) is 2.06. The van der Waals surface area contributed by atoms with E-state index in [0.29, 0.717) is 36.3 Å². The predicted octanol–water partition coefficient (Wildman–Crippen LogP) is 1.88. The zero-order chi connectivity index (χ0) is 18.3. The van der Waals surface area contributed by atoms with Crippen LogP contribution in [-0.2, 0) is 11.2 Å². The molecule has 1 aromatic carbocycles. The number of nitrogens with one attached hydrogen (secondary N) is 1. The van der Waals surface area contributed by atoms with Crippen LogP contribution in [0.3, 0.4) is 0 Å². The molecule has 0 aromatic heterocycles. The third kappa shape index (κ3) is 2.82. The molecule has 1 unspecified atom stereocenters. The number of fused-ring (bicyclic) bond motifs is 2. The van der Waals surface area contributed by atoms with Gasteiger partial charge in [0.05, 0.1) is 32.7 Å². The van der Waals surface area contributed by atoms with Gasteiger partial charge < -0.3 is 24.2 Å². The summed E-state index contributed by atoms with van der Waals surface area (Å²) in [5, 5.41) is 10.7. The molecule has 4 rings (SSSR count). The average molecular weight is 360 g/mol. The van der Waals surface area contributed by atoms with Gasteiger partial charge in [-0.3, -0.25) is 4.79 Å². The molecule has 1 fully saturated rings. The molecule has 3 aliphatic rings. The molecule has 1 aliphatic carbocycles. The number of methoxy groups -OCH3 is 1. The Kier molecular flexibility index (Phi) is 4.53. The number of hydrogen-bond donors (Lipinski definition) is 2. The number of rotatable bonds is 3. The Morgan fingerprint density at radius 1 is 1.31 bits per heavy atom. The number of aliphatic hydroxyl groups is 1. The Morgan fingerprint density at radius 2 is 2.12 bits per heavy atom. The van der Waals surface area contributed by atoms with E-state index >= 15 is 0 Å². The SMILES string of the molecule is COc1c2c(cc3c1[C@@H](CC(O)=C1CCCCC1=O)[NH+](C)CC3)OCO2. The van der Waals surface area contributed by atoms with Gasteiger partial charge in [-0.05, 0) is 30.9 Å². The Hall–Kier alpha value is -2.21. The molecule has 1 saturated carbocycles. The van der Waals surface area contributed by atoms with Crippen molar-refractivity contribution in [3.8, 4) is 17.2 Å². The second-order valence-corrected chi connectivity index (χ2v) is 7.37. The molecule has 2 heterocycles. The molecule has 2 aliphatic heterocycles. The van der Waals surface area contributed by atoms with Crippen molar-refractivity contribution in [3.63, 3.8) is 0 Å². The number of allylic oxidation sites excluding steroid dienone is 1. The maximum Gasteiger partial charge on any atom is 0.231 e. The monoisotopic (exact) mass is 360 g/mol. The predicted molar refractivity (Wildman–Crippen MR) is 95.1 cm³/mol. The highest BCUT2D eigenvalue weighted by Gasteiger charge is 2.37. The minimum absolute atomic E-state index is 0.0189. The number of carbonyl (C=O) groups is 1. The molecule has 1 aromatic rings. The van der Waals surface area contributed by atoms with Crippen LogP contribution in [-0.4, -0.2) is 38.4 Å². The molecule has 0 bridgehead atoms. The van der Waals surface area contributed by atoms with Crippen molar-refractivity contribution in [2.45, 2.75) is 44.6 Å². The van der Waals surface area contributed by atoms with E-state index in [1.54, 1.807) is 7.11 Å². The van der Waals surface area contributed by atoms with Gasteiger partial charge in [0.1, 0.15) is 11.8 Å². The van der Waals surface area contributed by atoms with Gasteiger partial charge in [-0.2, -0.15) is 0 Å². The van der Waals surface area contributed by atoms with E-state index in [1.807, 2.05) is 6.07 Å². The van der Waals surface area contributed by atoms with Crippen molar-refractivity contribution in [2.75, 3.05) is 27.5 Å². The maximum absolute atomic E-state index is 12.2. The molecule has 0 saturated heterocycles. The quantitative estimate of drug-likeness (QED) is 0.636. The van der Waals surface area contributed by atoms with Crippen LogP contribution in [0.5, 0.6) is 17.2 Å². The summed E-state index contributed by atoms with van der Waals surface area (Å²) >= 11 is 0. The summed E-state index contributed by atoms with van der Waals surface area (Å²) in [6.07, 6.45) is 4.48. The van der Waals surface area contributed by atoms with Crippen molar-refractivity contribution >= 4 is 5.78 Å². The molecule has 6 nitrogen and oxygen atoms in total.